The van der Waals surface area contributed by atoms with Gasteiger partial charge < -0.3 is 10.1 Å². The summed E-state index contributed by atoms with van der Waals surface area (Å²) >= 11 is 0. The first-order chi connectivity index (χ1) is 16.2. The van der Waals surface area contributed by atoms with Crippen molar-refractivity contribution < 1.29 is 18.7 Å². The van der Waals surface area contributed by atoms with Crippen LogP contribution in [0.5, 0.6) is 0 Å². The number of benzene rings is 1. The molecule has 0 saturated carbocycles. The third kappa shape index (κ3) is 5.34. The number of amides is 2. The minimum Gasteiger partial charge on any atom is -0.444 e. The predicted octanol–water partition coefficient (Wildman–Crippen LogP) is 4.23. The molecule has 0 aliphatic carbocycles. The molecule has 1 aromatic carbocycles. The maximum absolute atomic E-state index is 13.3. The molecule has 0 atom stereocenters. The first-order valence-electron chi connectivity index (χ1n) is 10.5. The highest BCUT2D eigenvalue weighted by Gasteiger charge is 2.17. The zero-order chi connectivity index (χ0) is 24.3. The van der Waals surface area contributed by atoms with Gasteiger partial charge in [0, 0.05) is 24.3 Å². The number of nitrogens with one attached hydrogen (secondary N) is 2. The molecule has 4 rings (SSSR count). The molecule has 10 heteroatoms. The molecule has 4 aromatic rings. The number of pyridine rings is 2. The number of hydrogen-bond donors (Lipinski definition) is 2. The smallest absolute Gasteiger partial charge is 0.413 e. The van der Waals surface area contributed by atoms with Gasteiger partial charge in [0.15, 0.2) is 0 Å². The number of carbonyl (C=O) groups excluding carboxylic acids is 2. The molecule has 0 saturated heterocycles. The van der Waals surface area contributed by atoms with Crippen molar-refractivity contribution in [1.82, 2.24) is 25.1 Å². The summed E-state index contributed by atoms with van der Waals surface area (Å²) in [6.07, 6.45) is 5.61. The van der Waals surface area contributed by atoms with Crippen LogP contribution < -0.4 is 10.6 Å². The number of rotatable bonds is 5. The lowest BCUT2D eigenvalue weighted by Gasteiger charge is -2.19. The normalized spacial score (nSPS) is 11.3. The number of nitrogens with zero attached hydrogens (tertiary/aromatic N) is 4. The van der Waals surface area contributed by atoms with E-state index in [1.165, 1.54) is 18.3 Å². The molecule has 0 bridgehead atoms. The van der Waals surface area contributed by atoms with Gasteiger partial charge >= 0.3 is 6.09 Å². The van der Waals surface area contributed by atoms with Gasteiger partial charge in [-0.25, -0.2) is 18.9 Å². The first kappa shape index (κ1) is 22.8. The molecule has 0 spiro atoms. The highest BCUT2D eigenvalue weighted by atomic mass is 19.1. The fraction of sp³-hybridized carbons (Fsp3) is 0.208. The predicted molar refractivity (Wildman–Crippen MR) is 124 cm³/mol. The van der Waals surface area contributed by atoms with E-state index in [1.807, 2.05) is 0 Å². The Morgan fingerprint density at radius 3 is 2.47 bits per heavy atom. The van der Waals surface area contributed by atoms with Crippen molar-refractivity contribution in [2.45, 2.75) is 32.9 Å². The number of anilines is 1. The third-order valence-corrected chi connectivity index (χ3v) is 4.72. The molecule has 2 amide bonds. The van der Waals surface area contributed by atoms with Crippen LogP contribution in [0, 0.1) is 5.82 Å². The molecule has 174 valence electrons. The number of halogens is 1. The maximum atomic E-state index is 13.3. The average molecular weight is 462 g/mol. The van der Waals surface area contributed by atoms with Gasteiger partial charge in [-0.1, -0.05) is 6.07 Å². The van der Waals surface area contributed by atoms with Crippen molar-refractivity contribution in [2.24, 2.45) is 0 Å². The van der Waals surface area contributed by atoms with E-state index >= 15 is 0 Å². The number of carbonyl (C=O) groups is 2. The van der Waals surface area contributed by atoms with Crippen LogP contribution in [-0.2, 0) is 11.3 Å². The van der Waals surface area contributed by atoms with E-state index in [9.17, 15) is 14.0 Å². The summed E-state index contributed by atoms with van der Waals surface area (Å²) in [6, 6.07) is 9.25. The Labute approximate surface area is 195 Å². The molecule has 0 aliphatic rings. The van der Waals surface area contributed by atoms with Crippen LogP contribution in [0.4, 0.5) is 15.0 Å². The summed E-state index contributed by atoms with van der Waals surface area (Å²) in [6.45, 7) is 5.54. The van der Waals surface area contributed by atoms with Crippen molar-refractivity contribution in [3.05, 3.63) is 78.1 Å². The van der Waals surface area contributed by atoms with E-state index in [-0.39, 0.29) is 18.3 Å². The molecule has 0 aliphatic heterocycles. The molecule has 9 nitrogen and oxygen atoms in total. The summed E-state index contributed by atoms with van der Waals surface area (Å²) in [7, 11) is 0. The standard InChI is InChI=1S/C24H23FN6O3/c1-24(2,3)34-23(33)30-21-9-4-15(10-27-21)11-28-22(32)19-12-26-14-20-18(19)13-29-31(20)17-7-5-16(25)6-8-17/h4-10,12-14H,11H2,1-3H3,(H,28,32)(H,27,30,33). The van der Waals surface area contributed by atoms with Gasteiger partial charge in [0.1, 0.15) is 17.2 Å². The van der Waals surface area contributed by atoms with Crippen LogP contribution in [0.25, 0.3) is 16.6 Å². The van der Waals surface area contributed by atoms with E-state index in [4.69, 9.17) is 4.74 Å². The van der Waals surface area contributed by atoms with Crippen LogP contribution in [0.1, 0.15) is 36.7 Å². The van der Waals surface area contributed by atoms with Crippen molar-refractivity contribution in [3.8, 4) is 5.69 Å². The van der Waals surface area contributed by atoms with E-state index in [0.29, 0.717) is 28.0 Å². The summed E-state index contributed by atoms with van der Waals surface area (Å²) in [5.74, 6) is -0.333. The topological polar surface area (TPSA) is 111 Å². The fourth-order valence-electron chi connectivity index (χ4n) is 3.20. The second kappa shape index (κ2) is 9.26. The summed E-state index contributed by atoms with van der Waals surface area (Å²) < 4.78 is 20.0. The zero-order valence-corrected chi connectivity index (χ0v) is 18.9. The van der Waals surface area contributed by atoms with E-state index in [2.05, 4.69) is 25.7 Å². The van der Waals surface area contributed by atoms with Crippen LogP contribution in [0.2, 0.25) is 0 Å². The lowest BCUT2D eigenvalue weighted by Crippen LogP contribution is -2.27. The number of hydrogen-bond acceptors (Lipinski definition) is 6. The van der Waals surface area contributed by atoms with Gasteiger partial charge in [0.25, 0.3) is 5.91 Å². The minimum absolute atomic E-state index is 0.223. The van der Waals surface area contributed by atoms with Gasteiger partial charge in [0.2, 0.25) is 0 Å². The van der Waals surface area contributed by atoms with E-state index in [0.717, 1.165) is 5.56 Å². The van der Waals surface area contributed by atoms with Gasteiger partial charge in [-0.3, -0.25) is 15.1 Å². The SMILES string of the molecule is CC(C)(C)OC(=O)Nc1ccc(CNC(=O)c2cncc3c2cnn3-c2ccc(F)cc2)cn1. The van der Waals surface area contributed by atoms with Crippen molar-refractivity contribution >= 4 is 28.7 Å². The Morgan fingerprint density at radius 1 is 1.03 bits per heavy atom. The fourth-order valence-corrected chi connectivity index (χ4v) is 3.20. The summed E-state index contributed by atoms with van der Waals surface area (Å²) in [4.78, 5) is 33.0. The Balaban J connectivity index is 1.43. The van der Waals surface area contributed by atoms with Crippen molar-refractivity contribution in [1.29, 1.82) is 0 Å². The summed E-state index contributed by atoms with van der Waals surface area (Å²) in [5, 5.41) is 10.3. The highest BCUT2D eigenvalue weighted by Crippen LogP contribution is 2.21. The van der Waals surface area contributed by atoms with E-state index < -0.39 is 11.7 Å². The molecular formula is C24H23FN6O3. The molecule has 3 heterocycles. The van der Waals surface area contributed by atoms with Crippen molar-refractivity contribution in [3.63, 3.8) is 0 Å². The third-order valence-electron chi connectivity index (χ3n) is 4.72. The Kier molecular flexibility index (Phi) is 6.22. The minimum atomic E-state index is -0.610. The molecule has 3 aromatic heterocycles. The van der Waals surface area contributed by atoms with Crippen LogP contribution in [-0.4, -0.2) is 37.3 Å². The lowest BCUT2D eigenvalue weighted by atomic mass is 10.1. The van der Waals surface area contributed by atoms with Gasteiger partial charge in [0.05, 0.1) is 29.2 Å². The number of ether oxygens (including phenoxy) is 1. The Bertz CT molecular complexity index is 1330. The van der Waals surface area contributed by atoms with Crippen LogP contribution >= 0.6 is 0 Å². The van der Waals surface area contributed by atoms with Crippen LogP contribution in [0.15, 0.2) is 61.2 Å². The van der Waals surface area contributed by atoms with E-state index in [1.54, 1.807) is 68.3 Å². The number of fused-ring (bicyclic) bond motifs is 1. The van der Waals surface area contributed by atoms with Gasteiger partial charge in [-0.05, 0) is 56.7 Å². The average Bonchev–Trinajstić information content (AvgIpc) is 3.22. The first-order valence-corrected chi connectivity index (χ1v) is 10.5. The summed E-state index contributed by atoms with van der Waals surface area (Å²) in [5.41, 5.74) is 1.77. The molecule has 2 N–H and O–H groups in total. The largest absolute Gasteiger partial charge is 0.444 e. The molecule has 0 radical (unpaired) electrons. The second-order valence-corrected chi connectivity index (χ2v) is 8.51. The van der Waals surface area contributed by atoms with Crippen LogP contribution in [0.3, 0.4) is 0 Å². The van der Waals surface area contributed by atoms with Gasteiger partial charge in [-0.2, -0.15) is 5.10 Å². The quantitative estimate of drug-likeness (QED) is 0.459. The Morgan fingerprint density at radius 2 is 1.79 bits per heavy atom. The molecule has 0 unspecified atom stereocenters. The van der Waals surface area contributed by atoms with Gasteiger partial charge in [-0.15, -0.1) is 0 Å². The maximum Gasteiger partial charge on any atom is 0.413 e. The number of aromatic nitrogens is 4. The molecular weight excluding hydrogens is 439 g/mol. The monoisotopic (exact) mass is 462 g/mol. The second-order valence-electron chi connectivity index (χ2n) is 8.51. The zero-order valence-electron chi connectivity index (χ0n) is 18.9. The van der Waals surface area contributed by atoms with Crippen molar-refractivity contribution in [2.75, 3.05) is 5.32 Å². The molecule has 34 heavy (non-hydrogen) atoms. The highest BCUT2D eigenvalue weighted by molar-refractivity contribution is 6.05. The lowest BCUT2D eigenvalue weighted by molar-refractivity contribution is 0.0635. The Hall–Kier alpha value is -4.34. The molecule has 0 fully saturated rings.